The molecule has 134 valence electrons. The third-order valence-corrected chi connectivity index (χ3v) is 5.19. The van der Waals surface area contributed by atoms with E-state index in [1.807, 2.05) is 72.8 Å². The van der Waals surface area contributed by atoms with Gasteiger partial charge in [0.1, 0.15) is 5.82 Å². The van der Waals surface area contributed by atoms with E-state index in [0.29, 0.717) is 5.82 Å². The highest BCUT2D eigenvalue weighted by atomic mass is 32.1. The summed E-state index contributed by atoms with van der Waals surface area (Å²) in [5.74, 6) is 1.46. The number of benzene rings is 3. The van der Waals surface area contributed by atoms with Gasteiger partial charge in [0.25, 0.3) is 0 Å². The fourth-order valence-corrected chi connectivity index (χ4v) is 3.78. The summed E-state index contributed by atoms with van der Waals surface area (Å²) in [5.41, 5.74) is 3.94. The van der Waals surface area contributed by atoms with Gasteiger partial charge in [-0.3, -0.25) is 0 Å². The van der Waals surface area contributed by atoms with E-state index in [0.717, 1.165) is 38.7 Å². The van der Waals surface area contributed by atoms with Crippen molar-refractivity contribution in [3.8, 4) is 22.6 Å². The van der Waals surface area contributed by atoms with Gasteiger partial charge in [0.05, 0.1) is 11.2 Å². The number of fused-ring (bicyclic) bond motifs is 1. The summed E-state index contributed by atoms with van der Waals surface area (Å²) in [6.07, 6.45) is 0. The van der Waals surface area contributed by atoms with E-state index in [1.54, 1.807) is 11.3 Å². The lowest BCUT2D eigenvalue weighted by Crippen LogP contribution is -1.99. The maximum absolute atomic E-state index is 4.79. The molecule has 0 unspecified atom stereocenters. The molecule has 0 fully saturated rings. The number of para-hydroxylation sites is 1. The summed E-state index contributed by atoms with van der Waals surface area (Å²) in [7, 11) is 0. The van der Waals surface area contributed by atoms with Crippen molar-refractivity contribution in [3.63, 3.8) is 0 Å². The third-order valence-electron chi connectivity index (χ3n) is 4.43. The summed E-state index contributed by atoms with van der Waals surface area (Å²) < 4.78 is 0. The van der Waals surface area contributed by atoms with Crippen LogP contribution in [0.25, 0.3) is 33.5 Å². The Hall–Kier alpha value is -3.57. The Labute approximate surface area is 166 Å². The van der Waals surface area contributed by atoms with Crippen molar-refractivity contribution in [2.24, 2.45) is 0 Å². The molecular weight excluding hydrogens is 364 g/mol. The lowest BCUT2D eigenvalue weighted by Gasteiger charge is -2.09. The Morgan fingerprint density at radius 3 is 2.11 bits per heavy atom. The number of anilines is 2. The van der Waals surface area contributed by atoms with Crippen molar-refractivity contribution < 1.29 is 0 Å². The largest absolute Gasteiger partial charge is 0.316 e. The molecule has 1 N–H and O–H groups in total. The first kappa shape index (κ1) is 16.6. The van der Waals surface area contributed by atoms with E-state index in [2.05, 4.69) is 22.8 Å². The van der Waals surface area contributed by atoms with Crippen LogP contribution in [-0.2, 0) is 0 Å². The smallest absolute Gasteiger partial charge is 0.188 e. The zero-order valence-electron chi connectivity index (χ0n) is 14.9. The van der Waals surface area contributed by atoms with Crippen molar-refractivity contribution in [1.82, 2.24) is 15.0 Å². The average molecular weight is 380 g/mol. The van der Waals surface area contributed by atoms with Gasteiger partial charge >= 0.3 is 0 Å². The predicted octanol–water partition coefficient (Wildman–Crippen LogP) is 6.16. The molecule has 0 bridgehead atoms. The van der Waals surface area contributed by atoms with Gasteiger partial charge in [-0.05, 0) is 12.1 Å². The van der Waals surface area contributed by atoms with E-state index in [9.17, 15) is 0 Å². The minimum absolute atomic E-state index is 0.696. The second-order valence-corrected chi connectivity index (χ2v) is 7.17. The second kappa shape index (κ2) is 7.21. The van der Waals surface area contributed by atoms with Gasteiger partial charge in [-0.1, -0.05) is 72.8 Å². The number of nitrogens with zero attached hydrogens (tertiary/aromatic N) is 3. The Bertz CT molecular complexity index is 1230. The first-order valence-electron chi connectivity index (χ1n) is 8.97. The zero-order chi connectivity index (χ0) is 18.8. The average Bonchev–Trinajstić information content (AvgIpc) is 3.23. The number of nitrogens with one attached hydrogen (secondary N) is 1. The molecule has 5 heteroatoms. The van der Waals surface area contributed by atoms with Crippen LogP contribution in [0.1, 0.15) is 0 Å². The maximum atomic E-state index is 4.79. The van der Waals surface area contributed by atoms with Crippen LogP contribution in [0.3, 0.4) is 0 Å². The number of aromatic nitrogens is 3. The second-order valence-electron chi connectivity index (χ2n) is 6.31. The van der Waals surface area contributed by atoms with Gasteiger partial charge in [-0.25, -0.2) is 15.0 Å². The molecule has 0 aliphatic rings. The first-order valence-corrected chi connectivity index (χ1v) is 9.85. The Morgan fingerprint density at radius 2 is 1.32 bits per heavy atom. The van der Waals surface area contributed by atoms with Gasteiger partial charge < -0.3 is 5.32 Å². The lowest BCUT2D eigenvalue weighted by atomic mass is 10.2. The molecule has 0 amide bonds. The van der Waals surface area contributed by atoms with E-state index in [1.165, 1.54) is 0 Å². The first-order chi connectivity index (χ1) is 13.9. The molecule has 4 nitrogen and oxygen atoms in total. The van der Waals surface area contributed by atoms with E-state index < -0.39 is 0 Å². The summed E-state index contributed by atoms with van der Waals surface area (Å²) in [6.45, 7) is 0. The lowest BCUT2D eigenvalue weighted by molar-refractivity contribution is 1.22. The molecule has 2 heterocycles. The van der Waals surface area contributed by atoms with E-state index >= 15 is 0 Å². The topological polar surface area (TPSA) is 50.7 Å². The molecule has 28 heavy (non-hydrogen) atoms. The monoisotopic (exact) mass is 380 g/mol. The third kappa shape index (κ3) is 3.23. The molecule has 0 atom stereocenters. The minimum Gasteiger partial charge on any atom is -0.316 e. The van der Waals surface area contributed by atoms with Crippen LogP contribution in [0.4, 0.5) is 10.9 Å². The SMILES string of the molecule is c1ccc(-c2csc(Nc3nc(-c4ccccc4)nc4ccccc34)n2)cc1. The van der Waals surface area contributed by atoms with E-state index in [4.69, 9.17) is 15.0 Å². The molecule has 5 rings (SSSR count). The molecule has 0 aliphatic heterocycles. The van der Waals surface area contributed by atoms with Crippen LogP contribution in [-0.4, -0.2) is 15.0 Å². The summed E-state index contributed by atoms with van der Waals surface area (Å²) in [5, 5.41) is 7.24. The molecule has 0 saturated heterocycles. The van der Waals surface area contributed by atoms with Crippen LogP contribution in [0.15, 0.2) is 90.3 Å². The zero-order valence-corrected chi connectivity index (χ0v) is 15.7. The number of hydrogen-bond donors (Lipinski definition) is 1. The van der Waals surface area contributed by atoms with Crippen LogP contribution in [0.5, 0.6) is 0 Å². The Kier molecular flexibility index (Phi) is 4.27. The highest BCUT2D eigenvalue weighted by Gasteiger charge is 2.11. The fraction of sp³-hybridized carbons (Fsp3) is 0. The van der Waals surface area contributed by atoms with Gasteiger partial charge in [-0.15, -0.1) is 11.3 Å². The normalized spacial score (nSPS) is 10.9. The minimum atomic E-state index is 0.696. The molecule has 0 spiro atoms. The summed E-state index contributed by atoms with van der Waals surface area (Å²) >= 11 is 1.57. The predicted molar refractivity (Wildman–Crippen MR) is 116 cm³/mol. The van der Waals surface area contributed by atoms with Crippen molar-refractivity contribution in [2.45, 2.75) is 0 Å². The van der Waals surface area contributed by atoms with Gasteiger partial charge in [0.2, 0.25) is 0 Å². The Morgan fingerprint density at radius 1 is 0.643 bits per heavy atom. The van der Waals surface area contributed by atoms with Gasteiger partial charge in [0, 0.05) is 21.9 Å². The number of hydrogen-bond acceptors (Lipinski definition) is 5. The number of rotatable bonds is 4. The van der Waals surface area contributed by atoms with Crippen LogP contribution in [0, 0.1) is 0 Å². The van der Waals surface area contributed by atoms with Gasteiger partial charge in [0.15, 0.2) is 11.0 Å². The fourth-order valence-electron chi connectivity index (χ4n) is 3.06. The summed E-state index contributed by atoms with van der Waals surface area (Å²) in [6, 6.07) is 28.2. The highest BCUT2D eigenvalue weighted by molar-refractivity contribution is 7.14. The van der Waals surface area contributed by atoms with Crippen molar-refractivity contribution >= 4 is 33.2 Å². The molecule has 0 radical (unpaired) electrons. The highest BCUT2D eigenvalue weighted by Crippen LogP contribution is 2.30. The van der Waals surface area contributed by atoms with Crippen molar-refractivity contribution in [3.05, 3.63) is 90.3 Å². The molecule has 2 aromatic heterocycles. The van der Waals surface area contributed by atoms with Crippen LogP contribution < -0.4 is 5.32 Å². The van der Waals surface area contributed by atoms with Crippen molar-refractivity contribution in [2.75, 3.05) is 5.32 Å². The molecule has 0 saturated carbocycles. The Balaban J connectivity index is 1.56. The summed E-state index contributed by atoms with van der Waals surface area (Å²) in [4.78, 5) is 14.3. The van der Waals surface area contributed by atoms with E-state index in [-0.39, 0.29) is 0 Å². The van der Waals surface area contributed by atoms with Crippen molar-refractivity contribution in [1.29, 1.82) is 0 Å². The standard InChI is InChI=1S/C23H16N4S/c1-3-9-16(10-4-1)20-15-28-23(25-20)27-22-18-13-7-8-14-19(18)24-21(26-22)17-11-5-2-6-12-17/h1-15H,(H,24,25,26,27). The van der Waals surface area contributed by atoms with Crippen LogP contribution >= 0.6 is 11.3 Å². The quantitative estimate of drug-likeness (QED) is 0.405. The molecule has 3 aromatic carbocycles. The molecular formula is C23H16N4S. The molecule has 0 aliphatic carbocycles. The van der Waals surface area contributed by atoms with Crippen LogP contribution in [0.2, 0.25) is 0 Å². The maximum Gasteiger partial charge on any atom is 0.188 e. The number of thiazole rings is 1. The molecule has 5 aromatic rings. The van der Waals surface area contributed by atoms with Gasteiger partial charge in [-0.2, -0.15) is 0 Å².